The fraction of sp³-hybridized carbons (Fsp3) is 0.833. The lowest BCUT2D eigenvalue weighted by Crippen LogP contribution is -2.42. The van der Waals surface area contributed by atoms with Gasteiger partial charge in [0.1, 0.15) is 0 Å². The average molecular weight is 160 g/mol. The highest BCUT2D eigenvalue weighted by molar-refractivity contribution is 7.99. The topological polar surface area (TPSA) is 41.1 Å². The highest BCUT2D eigenvalue weighted by Gasteiger charge is 2.17. The van der Waals surface area contributed by atoms with Crippen LogP contribution in [-0.4, -0.2) is 37.0 Å². The summed E-state index contributed by atoms with van der Waals surface area (Å²) in [5.41, 5.74) is 0. The molecule has 2 N–H and O–H groups in total. The van der Waals surface area contributed by atoms with Crippen molar-refractivity contribution in [2.75, 3.05) is 25.1 Å². The second-order valence-electron chi connectivity index (χ2n) is 2.21. The van der Waals surface area contributed by atoms with E-state index < -0.39 is 0 Å². The molecule has 1 atom stereocenters. The van der Waals surface area contributed by atoms with E-state index in [1.54, 1.807) is 11.8 Å². The van der Waals surface area contributed by atoms with Crippen LogP contribution in [0, 0.1) is 0 Å². The molecule has 1 amide bonds. The molecule has 1 aliphatic rings. The van der Waals surface area contributed by atoms with Gasteiger partial charge in [-0.15, -0.1) is 0 Å². The van der Waals surface area contributed by atoms with Gasteiger partial charge in [-0.1, -0.05) is 0 Å². The van der Waals surface area contributed by atoms with Crippen LogP contribution in [0.2, 0.25) is 0 Å². The number of amides is 1. The molecule has 4 heteroatoms. The monoisotopic (exact) mass is 160 g/mol. The minimum absolute atomic E-state index is 0.00694. The van der Waals surface area contributed by atoms with E-state index >= 15 is 0 Å². The Bertz CT molecular complexity index is 129. The molecule has 0 spiro atoms. The summed E-state index contributed by atoms with van der Waals surface area (Å²) in [5, 5.41) is 5.78. The first-order chi connectivity index (χ1) is 4.84. The van der Waals surface area contributed by atoms with Crippen molar-refractivity contribution >= 4 is 17.7 Å². The molecular weight excluding hydrogens is 148 g/mol. The summed E-state index contributed by atoms with van der Waals surface area (Å²) >= 11 is 1.81. The Balaban J connectivity index is 2.43. The Morgan fingerprint density at radius 2 is 2.60 bits per heavy atom. The molecule has 1 unspecified atom stereocenters. The van der Waals surface area contributed by atoms with Gasteiger partial charge >= 0.3 is 0 Å². The summed E-state index contributed by atoms with van der Waals surface area (Å²) in [5.74, 6) is 2.05. The molecule has 0 radical (unpaired) electrons. The number of hydrogen-bond acceptors (Lipinski definition) is 3. The standard InChI is InChI=1S/C6H12N2OS/c1-7-5-4-10-3-2-8-6(5)9/h5,7H,2-4H2,1H3,(H,8,9). The zero-order valence-corrected chi connectivity index (χ0v) is 6.83. The van der Waals surface area contributed by atoms with Gasteiger partial charge in [0.2, 0.25) is 5.91 Å². The lowest BCUT2D eigenvalue weighted by molar-refractivity contribution is -0.122. The summed E-state index contributed by atoms with van der Waals surface area (Å²) in [7, 11) is 1.82. The molecule has 58 valence electrons. The van der Waals surface area contributed by atoms with E-state index in [1.165, 1.54) is 0 Å². The minimum atomic E-state index is 0.00694. The molecule has 0 bridgehead atoms. The van der Waals surface area contributed by atoms with Crippen LogP contribution in [0.15, 0.2) is 0 Å². The molecule has 10 heavy (non-hydrogen) atoms. The molecule has 1 fully saturated rings. The van der Waals surface area contributed by atoms with Crippen LogP contribution in [0.5, 0.6) is 0 Å². The van der Waals surface area contributed by atoms with Gasteiger partial charge in [-0.2, -0.15) is 11.8 Å². The minimum Gasteiger partial charge on any atom is -0.354 e. The number of likely N-dealkylation sites (N-methyl/N-ethyl adjacent to an activating group) is 1. The van der Waals surface area contributed by atoms with E-state index in [9.17, 15) is 4.79 Å². The van der Waals surface area contributed by atoms with Crippen molar-refractivity contribution in [1.29, 1.82) is 0 Å². The molecule has 1 saturated heterocycles. The van der Waals surface area contributed by atoms with Gasteiger partial charge in [-0.25, -0.2) is 0 Å². The van der Waals surface area contributed by atoms with E-state index in [0.29, 0.717) is 0 Å². The summed E-state index contributed by atoms with van der Waals surface area (Å²) in [6, 6.07) is 0.00694. The first-order valence-electron chi connectivity index (χ1n) is 3.37. The molecule has 1 rings (SSSR count). The lowest BCUT2D eigenvalue weighted by Gasteiger charge is -2.09. The Hall–Kier alpha value is -0.220. The zero-order valence-electron chi connectivity index (χ0n) is 6.02. The highest BCUT2D eigenvalue weighted by Crippen LogP contribution is 2.04. The Kier molecular flexibility index (Phi) is 3.02. The van der Waals surface area contributed by atoms with Crippen molar-refractivity contribution < 1.29 is 4.79 Å². The van der Waals surface area contributed by atoms with Crippen LogP contribution in [0.25, 0.3) is 0 Å². The first-order valence-corrected chi connectivity index (χ1v) is 4.53. The van der Waals surface area contributed by atoms with Gasteiger partial charge in [0, 0.05) is 18.1 Å². The molecule has 1 heterocycles. The molecule has 3 nitrogen and oxygen atoms in total. The maximum absolute atomic E-state index is 11.1. The third-order valence-corrected chi connectivity index (χ3v) is 2.56. The van der Waals surface area contributed by atoms with Crippen LogP contribution >= 0.6 is 11.8 Å². The van der Waals surface area contributed by atoms with Crippen molar-refractivity contribution in [3.8, 4) is 0 Å². The normalized spacial score (nSPS) is 27.3. The number of nitrogens with one attached hydrogen (secondary N) is 2. The van der Waals surface area contributed by atoms with Crippen molar-refractivity contribution in [2.24, 2.45) is 0 Å². The SMILES string of the molecule is CNC1CSCCNC1=O. The van der Waals surface area contributed by atoms with Crippen molar-refractivity contribution in [3.63, 3.8) is 0 Å². The van der Waals surface area contributed by atoms with E-state index in [0.717, 1.165) is 18.1 Å². The number of carbonyl (C=O) groups is 1. The molecule has 0 aliphatic carbocycles. The fourth-order valence-corrected chi connectivity index (χ4v) is 1.83. The third-order valence-electron chi connectivity index (χ3n) is 1.50. The summed E-state index contributed by atoms with van der Waals surface area (Å²) in [6.45, 7) is 0.807. The Morgan fingerprint density at radius 3 is 3.30 bits per heavy atom. The van der Waals surface area contributed by atoms with Gasteiger partial charge in [0.05, 0.1) is 6.04 Å². The third kappa shape index (κ3) is 1.88. The van der Waals surface area contributed by atoms with Crippen LogP contribution in [0.3, 0.4) is 0 Å². The molecular formula is C6H12N2OS. The molecule has 0 aromatic carbocycles. The molecule has 0 aromatic heterocycles. The van der Waals surface area contributed by atoms with Crippen LogP contribution in [-0.2, 0) is 4.79 Å². The average Bonchev–Trinajstić information content (AvgIpc) is 2.13. The number of carbonyl (C=O) groups excluding carboxylic acids is 1. The molecule has 1 aliphatic heterocycles. The van der Waals surface area contributed by atoms with Crippen LogP contribution < -0.4 is 10.6 Å². The van der Waals surface area contributed by atoms with Gasteiger partial charge in [0.15, 0.2) is 0 Å². The molecule has 0 aromatic rings. The predicted octanol–water partition coefficient (Wildman–Crippen LogP) is -0.563. The van der Waals surface area contributed by atoms with Crippen molar-refractivity contribution in [3.05, 3.63) is 0 Å². The van der Waals surface area contributed by atoms with Gasteiger partial charge in [0.25, 0.3) is 0 Å². The van der Waals surface area contributed by atoms with Gasteiger partial charge in [-0.05, 0) is 7.05 Å². The molecule has 0 saturated carbocycles. The predicted molar refractivity (Wildman–Crippen MR) is 43.2 cm³/mol. The van der Waals surface area contributed by atoms with E-state index in [1.807, 2.05) is 7.05 Å². The van der Waals surface area contributed by atoms with E-state index in [4.69, 9.17) is 0 Å². The Labute approximate surface area is 64.9 Å². The fourth-order valence-electron chi connectivity index (χ4n) is 0.861. The van der Waals surface area contributed by atoms with Gasteiger partial charge < -0.3 is 10.6 Å². The lowest BCUT2D eigenvalue weighted by atomic mass is 10.3. The Morgan fingerprint density at radius 1 is 1.80 bits per heavy atom. The first kappa shape index (κ1) is 7.88. The number of rotatable bonds is 1. The maximum atomic E-state index is 11.1. The maximum Gasteiger partial charge on any atom is 0.238 e. The number of hydrogen-bond donors (Lipinski definition) is 2. The zero-order chi connectivity index (χ0) is 7.40. The van der Waals surface area contributed by atoms with E-state index in [2.05, 4.69) is 10.6 Å². The summed E-state index contributed by atoms with van der Waals surface area (Å²) in [4.78, 5) is 11.1. The van der Waals surface area contributed by atoms with Crippen molar-refractivity contribution in [1.82, 2.24) is 10.6 Å². The van der Waals surface area contributed by atoms with Crippen LogP contribution in [0.1, 0.15) is 0 Å². The van der Waals surface area contributed by atoms with Crippen LogP contribution in [0.4, 0.5) is 0 Å². The van der Waals surface area contributed by atoms with Gasteiger partial charge in [-0.3, -0.25) is 4.79 Å². The summed E-state index contributed by atoms with van der Waals surface area (Å²) in [6.07, 6.45) is 0. The van der Waals surface area contributed by atoms with E-state index in [-0.39, 0.29) is 11.9 Å². The second kappa shape index (κ2) is 3.83. The highest BCUT2D eigenvalue weighted by atomic mass is 32.2. The largest absolute Gasteiger partial charge is 0.354 e. The quantitative estimate of drug-likeness (QED) is 0.540. The van der Waals surface area contributed by atoms with Crippen molar-refractivity contribution in [2.45, 2.75) is 6.04 Å². The second-order valence-corrected chi connectivity index (χ2v) is 3.36. The smallest absolute Gasteiger partial charge is 0.238 e. The number of thioether (sulfide) groups is 1. The summed E-state index contributed by atoms with van der Waals surface area (Å²) < 4.78 is 0.